The molecule has 4 rings (SSSR count). The molecule has 0 aromatic carbocycles. The monoisotopic (exact) mass is 423 g/mol. The number of hydrogen-bond acceptors (Lipinski definition) is 6. The Labute approximate surface area is 169 Å². The molecule has 0 unspecified atom stereocenters. The molecule has 0 bridgehead atoms. The molecule has 152 valence electrons. The summed E-state index contributed by atoms with van der Waals surface area (Å²) in [5, 5.41) is 3.75. The van der Waals surface area contributed by atoms with Gasteiger partial charge in [-0.05, 0) is 50.7 Å². The molecule has 2 aromatic heterocycles. The predicted octanol–water partition coefficient (Wildman–Crippen LogP) is 2.62. The maximum Gasteiger partial charge on any atom is 0.264 e. The first-order valence-electron chi connectivity index (χ1n) is 9.61. The first-order valence-corrected chi connectivity index (χ1v) is 11.9. The summed E-state index contributed by atoms with van der Waals surface area (Å²) >= 11 is 1.60. The van der Waals surface area contributed by atoms with E-state index in [0.29, 0.717) is 30.5 Å². The maximum atomic E-state index is 12.9. The first kappa shape index (κ1) is 19.6. The van der Waals surface area contributed by atoms with Gasteiger partial charge in [-0.25, -0.2) is 8.42 Å². The van der Waals surface area contributed by atoms with Crippen molar-refractivity contribution in [2.45, 2.75) is 44.9 Å². The van der Waals surface area contributed by atoms with Crippen LogP contribution >= 0.6 is 11.3 Å². The van der Waals surface area contributed by atoms with Crippen molar-refractivity contribution in [2.75, 3.05) is 26.2 Å². The second kappa shape index (κ2) is 7.27. The van der Waals surface area contributed by atoms with Gasteiger partial charge in [0, 0.05) is 31.1 Å². The standard InChI is InChI=1S/C19H25N3O4S2/c1-12-4-5-16-15(10-12)11-17(27-16)19(23)21-6-8-22(9-7-21)28(24,25)18-13(2)20-26-14(18)3/h11-12H,4-10H2,1-3H3/t12-/m1/s1. The Morgan fingerprint density at radius 2 is 1.96 bits per heavy atom. The number of fused-ring (bicyclic) bond motifs is 1. The SMILES string of the molecule is Cc1noc(C)c1S(=O)(=O)N1CCN(C(=O)c2cc3c(s2)CC[C@@H](C)C3)CC1. The molecule has 0 radical (unpaired) electrons. The van der Waals surface area contributed by atoms with Crippen LogP contribution < -0.4 is 0 Å². The van der Waals surface area contributed by atoms with Gasteiger partial charge in [0.15, 0.2) is 5.76 Å². The van der Waals surface area contributed by atoms with Crippen LogP contribution in [0.4, 0.5) is 0 Å². The number of carbonyl (C=O) groups is 1. The maximum absolute atomic E-state index is 12.9. The highest BCUT2D eigenvalue weighted by molar-refractivity contribution is 7.89. The lowest BCUT2D eigenvalue weighted by Crippen LogP contribution is -2.50. The van der Waals surface area contributed by atoms with Crippen molar-refractivity contribution < 1.29 is 17.7 Å². The molecule has 2 aliphatic rings. The van der Waals surface area contributed by atoms with Gasteiger partial charge in [-0.3, -0.25) is 4.79 Å². The van der Waals surface area contributed by atoms with Crippen molar-refractivity contribution >= 4 is 27.3 Å². The Morgan fingerprint density at radius 3 is 2.61 bits per heavy atom. The Morgan fingerprint density at radius 1 is 1.25 bits per heavy atom. The van der Waals surface area contributed by atoms with E-state index in [9.17, 15) is 13.2 Å². The van der Waals surface area contributed by atoms with Crippen LogP contribution in [0.2, 0.25) is 0 Å². The Kier molecular flexibility index (Phi) is 5.09. The highest BCUT2D eigenvalue weighted by atomic mass is 32.2. The molecular formula is C19H25N3O4S2. The lowest BCUT2D eigenvalue weighted by Gasteiger charge is -2.33. The zero-order valence-corrected chi connectivity index (χ0v) is 18.0. The van der Waals surface area contributed by atoms with Crippen molar-refractivity contribution in [3.05, 3.63) is 32.8 Å². The highest BCUT2D eigenvalue weighted by Gasteiger charge is 2.35. The number of piperazine rings is 1. The summed E-state index contributed by atoms with van der Waals surface area (Å²) in [5.41, 5.74) is 1.68. The topological polar surface area (TPSA) is 83.7 Å². The molecule has 1 aliphatic carbocycles. The molecule has 1 aliphatic heterocycles. The summed E-state index contributed by atoms with van der Waals surface area (Å²) in [5.74, 6) is 0.985. The molecule has 1 fully saturated rings. The van der Waals surface area contributed by atoms with E-state index >= 15 is 0 Å². The molecule has 1 atom stereocenters. The lowest BCUT2D eigenvalue weighted by molar-refractivity contribution is 0.0702. The normalized spacial score (nSPS) is 21.0. The van der Waals surface area contributed by atoms with E-state index in [4.69, 9.17) is 4.52 Å². The van der Waals surface area contributed by atoms with Crippen molar-refractivity contribution in [1.29, 1.82) is 0 Å². The molecule has 0 N–H and O–H groups in total. The number of carbonyl (C=O) groups excluding carboxylic acids is 1. The summed E-state index contributed by atoms with van der Waals surface area (Å²) in [6.07, 6.45) is 3.28. The van der Waals surface area contributed by atoms with Gasteiger partial charge in [-0.1, -0.05) is 12.1 Å². The quantitative estimate of drug-likeness (QED) is 0.758. The van der Waals surface area contributed by atoms with E-state index in [1.165, 1.54) is 21.2 Å². The molecule has 1 saturated heterocycles. The molecule has 7 nitrogen and oxygen atoms in total. The van der Waals surface area contributed by atoms with Crippen LogP contribution in [0, 0.1) is 19.8 Å². The van der Waals surface area contributed by atoms with Crippen LogP contribution in [0.15, 0.2) is 15.5 Å². The lowest BCUT2D eigenvalue weighted by atomic mass is 9.90. The summed E-state index contributed by atoms with van der Waals surface area (Å²) in [6.45, 7) is 6.82. The molecule has 0 saturated carbocycles. The van der Waals surface area contributed by atoms with Crippen LogP contribution in [0.5, 0.6) is 0 Å². The van der Waals surface area contributed by atoms with Crippen LogP contribution in [0.3, 0.4) is 0 Å². The fourth-order valence-electron chi connectivity index (χ4n) is 4.07. The number of amides is 1. The van der Waals surface area contributed by atoms with E-state index in [-0.39, 0.29) is 23.9 Å². The predicted molar refractivity (Wildman–Crippen MR) is 106 cm³/mol. The zero-order valence-electron chi connectivity index (χ0n) is 16.4. The molecule has 2 aromatic rings. The van der Waals surface area contributed by atoms with Crippen molar-refractivity contribution in [3.8, 4) is 0 Å². The number of sulfonamides is 1. The van der Waals surface area contributed by atoms with Gasteiger partial charge in [0.05, 0.1) is 4.88 Å². The summed E-state index contributed by atoms with van der Waals surface area (Å²) in [4.78, 5) is 17.0. The summed E-state index contributed by atoms with van der Waals surface area (Å²) in [7, 11) is -3.66. The molecule has 3 heterocycles. The van der Waals surface area contributed by atoms with Gasteiger partial charge in [-0.15, -0.1) is 11.3 Å². The minimum absolute atomic E-state index is 0.0152. The van der Waals surface area contributed by atoms with Crippen LogP contribution in [-0.2, 0) is 22.9 Å². The third kappa shape index (κ3) is 3.40. The average Bonchev–Trinajstić information content (AvgIpc) is 3.23. The van der Waals surface area contributed by atoms with Gasteiger partial charge in [0.2, 0.25) is 10.0 Å². The fraction of sp³-hybridized carbons (Fsp3) is 0.579. The molecular weight excluding hydrogens is 398 g/mol. The van der Waals surface area contributed by atoms with Gasteiger partial charge in [0.25, 0.3) is 5.91 Å². The van der Waals surface area contributed by atoms with Gasteiger partial charge in [0.1, 0.15) is 10.6 Å². The van der Waals surface area contributed by atoms with Gasteiger partial charge in [-0.2, -0.15) is 4.31 Å². The van der Waals surface area contributed by atoms with Crippen molar-refractivity contribution in [1.82, 2.24) is 14.4 Å². The zero-order chi connectivity index (χ0) is 20.1. The minimum atomic E-state index is -3.66. The number of hydrogen-bond donors (Lipinski definition) is 0. The first-order chi connectivity index (χ1) is 13.3. The van der Waals surface area contributed by atoms with E-state index in [1.807, 2.05) is 6.07 Å². The summed E-state index contributed by atoms with van der Waals surface area (Å²) < 4.78 is 32.3. The van der Waals surface area contributed by atoms with Crippen LogP contribution in [0.1, 0.15) is 44.9 Å². The second-order valence-corrected chi connectivity index (χ2v) is 10.8. The second-order valence-electron chi connectivity index (χ2n) is 7.76. The van der Waals surface area contributed by atoms with E-state index in [0.717, 1.165) is 17.7 Å². The van der Waals surface area contributed by atoms with E-state index < -0.39 is 10.0 Å². The fourth-order valence-corrected chi connectivity index (χ4v) is 6.96. The molecule has 28 heavy (non-hydrogen) atoms. The average molecular weight is 424 g/mol. The largest absolute Gasteiger partial charge is 0.360 e. The number of aromatic nitrogens is 1. The smallest absolute Gasteiger partial charge is 0.264 e. The van der Waals surface area contributed by atoms with Crippen molar-refractivity contribution in [3.63, 3.8) is 0 Å². The number of thiophene rings is 1. The molecule has 9 heteroatoms. The molecule has 0 spiro atoms. The van der Waals surface area contributed by atoms with Gasteiger partial charge >= 0.3 is 0 Å². The Bertz CT molecular complexity index is 981. The third-order valence-corrected chi connectivity index (χ3v) is 9.00. The number of rotatable bonds is 3. The van der Waals surface area contributed by atoms with Crippen molar-refractivity contribution in [2.24, 2.45) is 5.92 Å². The highest BCUT2D eigenvalue weighted by Crippen LogP contribution is 2.33. The summed E-state index contributed by atoms with van der Waals surface area (Å²) in [6, 6.07) is 2.05. The Hall–Kier alpha value is -1.71. The van der Waals surface area contributed by atoms with E-state index in [2.05, 4.69) is 12.1 Å². The number of aryl methyl sites for hydroxylation is 3. The number of nitrogens with zero attached hydrogens (tertiary/aromatic N) is 3. The van der Waals surface area contributed by atoms with E-state index in [1.54, 1.807) is 30.1 Å². The minimum Gasteiger partial charge on any atom is -0.360 e. The molecule has 1 amide bonds. The third-order valence-electron chi connectivity index (χ3n) is 5.63. The Balaban J connectivity index is 1.45. The van der Waals surface area contributed by atoms with Gasteiger partial charge < -0.3 is 9.42 Å². The van der Waals surface area contributed by atoms with Crippen LogP contribution in [0.25, 0.3) is 0 Å². The van der Waals surface area contributed by atoms with Crippen LogP contribution in [-0.4, -0.2) is 54.9 Å².